The molecule has 2 nitrogen and oxygen atoms in total. The SMILES string of the molecule is CCC(C(=O)N(C)Cc1ccccc1)c1ccccc1. The van der Waals surface area contributed by atoms with Gasteiger partial charge < -0.3 is 4.90 Å². The van der Waals surface area contributed by atoms with Gasteiger partial charge in [-0.25, -0.2) is 0 Å². The van der Waals surface area contributed by atoms with Crippen LogP contribution in [-0.4, -0.2) is 17.9 Å². The first-order chi connectivity index (χ1) is 9.72. The highest BCUT2D eigenvalue weighted by molar-refractivity contribution is 5.83. The highest BCUT2D eigenvalue weighted by atomic mass is 16.2. The van der Waals surface area contributed by atoms with Gasteiger partial charge in [-0.2, -0.15) is 0 Å². The summed E-state index contributed by atoms with van der Waals surface area (Å²) in [7, 11) is 1.88. The molecule has 0 fully saturated rings. The average molecular weight is 267 g/mol. The Labute approximate surface area is 121 Å². The van der Waals surface area contributed by atoms with Crippen LogP contribution >= 0.6 is 0 Å². The van der Waals surface area contributed by atoms with E-state index < -0.39 is 0 Å². The van der Waals surface area contributed by atoms with Crippen molar-refractivity contribution in [3.05, 3.63) is 71.8 Å². The Balaban J connectivity index is 2.09. The van der Waals surface area contributed by atoms with Gasteiger partial charge in [-0.3, -0.25) is 4.79 Å². The van der Waals surface area contributed by atoms with Crippen molar-refractivity contribution < 1.29 is 4.79 Å². The molecule has 0 N–H and O–H groups in total. The molecular formula is C18H21NO. The Morgan fingerprint density at radius 2 is 1.55 bits per heavy atom. The molecule has 0 bridgehead atoms. The maximum Gasteiger partial charge on any atom is 0.230 e. The van der Waals surface area contributed by atoms with Crippen LogP contribution in [-0.2, 0) is 11.3 Å². The van der Waals surface area contributed by atoms with E-state index in [-0.39, 0.29) is 11.8 Å². The van der Waals surface area contributed by atoms with E-state index in [0.29, 0.717) is 6.54 Å². The minimum atomic E-state index is -0.0510. The monoisotopic (exact) mass is 267 g/mol. The summed E-state index contributed by atoms with van der Waals surface area (Å²) in [5, 5.41) is 0. The van der Waals surface area contributed by atoms with Gasteiger partial charge in [0.1, 0.15) is 0 Å². The second-order valence-corrected chi connectivity index (χ2v) is 5.05. The first kappa shape index (κ1) is 14.3. The average Bonchev–Trinajstić information content (AvgIpc) is 2.50. The summed E-state index contributed by atoms with van der Waals surface area (Å²) in [4.78, 5) is 14.4. The van der Waals surface area contributed by atoms with Gasteiger partial charge in [0.15, 0.2) is 0 Å². The van der Waals surface area contributed by atoms with Crippen molar-refractivity contribution in [2.45, 2.75) is 25.8 Å². The number of hydrogen-bond acceptors (Lipinski definition) is 1. The van der Waals surface area contributed by atoms with Crippen molar-refractivity contribution in [3.8, 4) is 0 Å². The molecule has 1 atom stereocenters. The van der Waals surface area contributed by atoms with E-state index in [1.807, 2.05) is 72.6 Å². The lowest BCUT2D eigenvalue weighted by Gasteiger charge is -2.23. The highest BCUT2D eigenvalue weighted by Crippen LogP contribution is 2.22. The smallest absolute Gasteiger partial charge is 0.230 e. The highest BCUT2D eigenvalue weighted by Gasteiger charge is 2.21. The van der Waals surface area contributed by atoms with Crippen molar-refractivity contribution in [2.24, 2.45) is 0 Å². The van der Waals surface area contributed by atoms with Gasteiger partial charge in [0.2, 0.25) is 5.91 Å². The molecule has 2 heteroatoms. The molecule has 2 rings (SSSR count). The van der Waals surface area contributed by atoms with E-state index in [1.54, 1.807) is 0 Å². The van der Waals surface area contributed by atoms with Crippen LogP contribution in [0.2, 0.25) is 0 Å². The number of benzene rings is 2. The van der Waals surface area contributed by atoms with Crippen molar-refractivity contribution in [3.63, 3.8) is 0 Å². The number of rotatable bonds is 5. The second-order valence-electron chi connectivity index (χ2n) is 5.05. The van der Waals surface area contributed by atoms with E-state index in [2.05, 4.69) is 6.92 Å². The molecule has 0 heterocycles. The number of hydrogen-bond donors (Lipinski definition) is 0. The fourth-order valence-electron chi connectivity index (χ4n) is 2.44. The molecule has 0 spiro atoms. The normalized spacial score (nSPS) is 11.9. The molecule has 0 aliphatic carbocycles. The zero-order valence-corrected chi connectivity index (χ0v) is 12.1. The summed E-state index contributed by atoms with van der Waals surface area (Å²) >= 11 is 0. The summed E-state index contributed by atoms with van der Waals surface area (Å²) in [5.74, 6) is 0.132. The topological polar surface area (TPSA) is 20.3 Å². The lowest BCUT2D eigenvalue weighted by Crippen LogP contribution is -2.31. The number of carbonyl (C=O) groups excluding carboxylic acids is 1. The lowest BCUT2D eigenvalue weighted by atomic mass is 9.95. The summed E-state index contributed by atoms with van der Waals surface area (Å²) in [6.45, 7) is 2.72. The molecule has 0 saturated heterocycles. The van der Waals surface area contributed by atoms with E-state index in [9.17, 15) is 4.79 Å². The standard InChI is InChI=1S/C18H21NO/c1-3-17(16-12-8-5-9-13-16)18(20)19(2)14-15-10-6-4-7-11-15/h4-13,17H,3,14H2,1-2H3. The molecule has 1 amide bonds. The quantitative estimate of drug-likeness (QED) is 0.806. The molecule has 0 radical (unpaired) electrons. The summed E-state index contributed by atoms with van der Waals surface area (Å²) in [6, 6.07) is 20.1. The third-order valence-electron chi connectivity index (χ3n) is 3.55. The predicted molar refractivity (Wildman–Crippen MR) is 82.4 cm³/mol. The van der Waals surface area contributed by atoms with Crippen LogP contribution in [0.3, 0.4) is 0 Å². The van der Waals surface area contributed by atoms with Crippen LogP contribution in [0.25, 0.3) is 0 Å². The van der Waals surface area contributed by atoms with Gasteiger partial charge in [-0.1, -0.05) is 67.6 Å². The Morgan fingerprint density at radius 3 is 2.10 bits per heavy atom. The Bertz CT molecular complexity index is 536. The first-order valence-electron chi connectivity index (χ1n) is 7.06. The number of carbonyl (C=O) groups is 1. The maximum absolute atomic E-state index is 12.6. The fourth-order valence-corrected chi connectivity index (χ4v) is 2.44. The van der Waals surface area contributed by atoms with Crippen LogP contribution in [0.15, 0.2) is 60.7 Å². The molecule has 0 aromatic heterocycles. The van der Waals surface area contributed by atoms with E-state index in [0.717, 1.165) is 17.5 Å². The Hall–Kier alpha value is -2.09. The molecule has 2 aromatic carbocycles. The van der Waals surface area contributed by atoms with Gasteiger partial charge in [0.05, 0.1) is 5.92 Å². The molecule has 0 aliphatic heterocycles. The van der Waals surface area contributed by atoms with Crippen LogP contribution < -0.4 is 0 Å². The van der Waals surface area contributed by atoms with Gasteiger partial charge in [0, 0.05) is 13.6 Å². The van der Waals surface area contributed by atoms with Gasteiger partial charge >= 0.3 is 0 Å². The van der Waals surface area contributed by atoms with Crippen molar-refractivity contribution in [1.29, 1.82) is 0 Å². The molecular weight excluding hydrogens is 246 g/mol. The summed E-state index contributed by atoms with van der Waals surface area (Å²) in [6.07, 6.45) is 0.821. The number of amides is 1. The van der Waals surface area contributed by atoms with E-state index in [4.69, 9.17) is 0 Å². The molecule has 2 aromatic rings. The van der Waals surface area contributed by atoms with Crippen LogP contribution in [0.5, 0.6) is 0 Å². The largest absolute Gasteiger partial charge is 0.341 e. The zero-order valence-electron chi connectivity index (χ0n) is 12.1. The third kappa shape index (κ3) is 3.47. The summed E-state index contributed by atoms with van der Waals surface area (Å²) < 4.78 is 0. The fraction of sp³-hybridized carbons (Fsp3) is 0.278. The summed E-state index contributed by atoms with van der Waals surface area (Å²) in [5.41, 5.74) is 2.26. The van der Waals surface area contributed by atoms with Crippen molar-refractivity contribution in [2.75, 3.05) is 7.05 Å². The van der Waals surface area contributed by atoms with Crippen LogP contribution in [0.4, 0.5) is 0 Å². The lowest BCUT2D eigenvalue weighted by molar-refractivity contribution is -0.132. The number of nitrogens with zero attached hydrogens (tertiary/aromatic N) is 1. The van der Waals surface area contributed by atoms with E-state index in [1.165, 1.54) is 0 Å². The predicted octanol–water partition coefficient (Wildman–Crippen LogP) is 3.84. The third-order valence-corrected chi connectivity index (χ3v) is 3.55. The molecule has 20 heavy (non-hydrogen) atoms. The molecule has 1 unspecified atom stereocenters. The van der Waals surface area contributed by atoms with Crippen molar-refractivity contribution in [1.82, 2.24) is 4.90 Å². The molecule has 0 saturated carbocycles. The molecule has 104 valence electrons. The Kier molecular flexibility index (Phi) is 4.94. The van der Waals surface area contributed by atoms with Gasteiger partial charge in [0.25, 0.3) is 0 Å². The van der Waals surface area contributed by atoms with Gasteiger partial charge in [-0.05, 0) is 17.5 Å². The second kappa shape index (κ2) is 6.90. The number of likely N-dealkylation sites (N-methyl/N-ethyl adjacent to an activating group) is 1. The first-order valence-corrected chi connectivity index (χ1v) is 7.06. The van der Waals surface area contributed by atoms with Crippen molar-refractivity contribution >= 4 is 5.91 Å². The minimum absolute atomic E-state index is 0.0510. The maximum atomic E-state index is 12.6. The van der Waals surface area contributed by atoms with Crippen LogP contribution in [0.1, 0.15) is 30.4 Å². The Morgan fingerprint density at radius 1 is 1.00 bits per heavy atom. The van der Waals surface area contributed by atoms with E-state index >= 15 is 0 Å². The van der Waals surface area contributed by atoms with Crippen LogP contribution in [0, 0.1) is 0 Å². The van der Waals surface area contributed by atoms with Gasteiger partial charge in [-0.15, -0.1) is 0 Å². The zero-order chi connectivity index (χ0) is 14.4. The molecule has 0 aliphatic rings. The minimum Gasteiger partial charge on any atom is -0.341 e.